The van der Waals surface area contributed by atoms with E-state index in [1.165, 1.54) is 10.9 Å². The molecule has 0 atom stereocenters. The normalized spacial score (nSPS) is 15.8. The van der Waals surface area contributed by atoms with Gasteiger partial charge in [0.2, 0.25) is 5.13 Å². The third-order valence-corrected chi connectivity index (χ3v) is 5.42. The van der Waals surface area contributed by atoms with E-state index >= 15 is 0 Å². The highest BCUT2D eigenvalue weighted by molar-refractivity contribution is 7.13. The Bertz CT molecular complexity index is 810. The van der Waals surface area contributed by atoms with Crippen LogP contribution in [-0.2, 0) is 11.3 Å². The van der Waals surface area contributed by atoms with Crippen LogP contribution in [0, 0.1) is 0 Å². The summed E-state index contributed by atoms with van der Waals surface area (Å²) in [7, 11) is 1.73. The van der Waals surface area contributed by atoms with Crippen LogP contribution in [0.5, 0.6) is 5.75 Å². The molecule has 4 rings (SSSR count). The lowest BCUT2D eigenvalue weighted by Crippen LogP contribution is -2.38. The first-order valence-electron chi connectivity index (χ1n) is 8.59. The van der Waals surface area contributed by atoms with Gasteiger partial charge in [0.15, 0.2) is 0 Å². The molecule has 6 nitrogen and oxygen atoms in total. The van der Waals surface area contributed by atoms with Crippen molar-refractivity contribution in [3.8, 4) is 5.75 Å². The average molecular weight is 358 g/mol. The summed E-state index contributed by atoms with van der Waals surface area (Å²) in [4.78, 5) is 2.29. The molecule has 0 N–H and O–H groups in total. The number of fused-ring (bicyclic) bond motifs is 1. The number of piperidine rings is 1. The summed E-state index contributed by atoms with van der Waals surface area (Å²) >= 11 is 1.60. The predicted molar refractivity (Wildman–Crippen MR) is 99.6 cm³/mol. The highest BCUT2D eigenvalue weighted by Gasteiger charge is 2.23. The largest absolute Gasteiger partial charge is 0.490 e. The monoisotopic (exact) mass is 358 g/mol. The van der Waals surface area contributed by atoms with Crippen LogP contribution in [0.3, 0.4) is 0 Å². The Morgan fingerprint density at radius 1 is 1.24 bits per heavy atom. The second kappa shape index (κ2) is 7.41. The number of anilines is 1. The van der Waals surface area contributed by atoms with Crippen LogP contribution in [0.1, 0.15) is 12.8 Å². The average Bonchev–Trinajstić information content (AvgIpc) is 3.31. The molecule has 0 radical (unpaired) electrons. The molecule has 132 valence electrons. The van der Waals surface area contributed by atoms with E-state index in [9.17, 15) is 0 Å². The molecule has 3 heterocycles. The molecule has 1 saturated heterocycles. The maximum Gasteiger partial charge on any atom is 0.208 e. The second-order valence-corrected chi connectivity index (χ2v) is 7.03. The summed E-state index contributed by atoms with van der Waals surface area (Å²) in [6, 6.07) is 8.41. The zero-order valence-corrected chi connectivity index (χ0v) is 15.1. The second-order valence-electron chi connectivity index (χ2n) is 6.22. The number of rotatable bonds is 6. The zero-order valence-electron chi connectivity index (χ0n) is 14.3. The molecule has 2 aromatic heterocycles. The fourth-order valence-electron chi connectivity index (χ4n) is 3.33. The van der Waals surface area contributed by atoms with Crippen molar-refractivity contribution in [1.29, 1.82) is 0 Å². The van der Waals surface area contributed by atoms with Gasteiger partial charge in [-0.1, -0.05) is 17.4 Å². The van der Waals surface area contributed by atoms with Crippen LogP contribution >= 0.6 is 11.3 Å². The first-order chi connectivity index (χ1) is 12.3. The van der Waals surface area contributed by atoms with Crippen molar-refractivity contribution in [2.24, 2.45) is 0 Å². The summed E-state index contributed by atoms with van der Waals surface area (Å²) in [5, 5.41) is 10.3. The van der Waals surface area contributed by atoms with Gasteiger partial charge in [-0.25, -0.2) is 0 Å². The van der Waals surface area contributed by atoms with E-state index in [1.54, 1.807) is 24.0 Å². The number of aromatic nitrogens is 3. The molecule has 1 fully saturated rings. The fourth-order valence-corrected chi connectivity index (χ4v) is 3.95. The summed E-state index contributed by atoms with van der Waals surface area (Å²) in [6.45, 7) is 3.48. The van der Waals surface area contributed by atoms with Gasteiger partial charge in [-0.2, -0.15) is 0 Å². The minimum absolute atomic E-state index is 0.247. The van der Waals surface area contributed by atoms with Crippen LogP contribution in [-0.4, -0.2) is 47.7 Å². The van der Waals surface area contributed by atoms with Crippen LogP contribution in [0.25, 0.3) is 10.9 Å². The quantitative estimate of drug-likeness (QED) is 0.677. The Labute approximate surface area is 151 Å². The summed E-state index contributed by atoms with van der Waals surface area (Å²) in [5.74, 6) is 0.975. The molecular formula is C18H22N4O2S. The van der Waals surface area contributed by atoms with Crippen molar-refractivity contribution in [3.05, 3.63) is 36.0 Å². The van der Waals surface area contributed by atoms with Gasteiger partial charge < -0.3 is 18.9 Å². The standard InChI is InChI=1S/C18H22N4O2S/c1-23-12-11-21-10-7-15-16(21)3-2-4-17(15)24-14-5-8-22(9-6-14)18-20-19-13-25-18/h2-4,7,10,13-14H,5-6,8-9,11-12H2,1H3. The van der Waals surface area contributed by atoms with Gasteiger partial charge in [-0.3, -0.25) is 0 Å². The fraction of sp³-hybridized carbons (Fsp3) is 0.444. The van der Waals surface area contributed by atoms with Crippen molar-refractivity contribution in [2.75, 3.05) is 31.7 Å². The highest BCUT2D eigenvalue weighted by atomic mass is 32.1. The lowest BCUT2D eigenvalue weighted by atomic mass is 10.1. The number of benzene rings is 1. The van der Waals surface area contributed by atoms with Gasteiger partial charge in [0.05, 0.1) is 12.1 Å². The highest BCUT2D eigenvalue weighted by Crippen LogP contribution is 2.30. The van der Waals surface area contributed by atoms with Gasteiger partial charge >= 0.3 is 0 Å². The third-order valence-electron chi connectivity index (χ3n) is 4.66. The van der Waals surface area contributed by atoms with Crippen LogP contribution in [0.4, 0.5) is 5.13 Å². The Kier molecular flexibility index (Phi) is 4.85. The van der Waals surface area contributed by atoms with Crippen LogP contribution in [0.2, 0.25) is 0 Å². The third kappa shape index (κ3) is 3.48. The maximum absolute atomic E-state index is 6.35. The Balaban J connectivity index is 1.44. The van der Waals surface area contributed by atoms with Gasteiger partial charge in [0.1, 0.15) is 17.4 Å². The molecule has 3 aromatic rings. The first-order valence-corrected chi connectivity index (χ1v) is 9.47. The topological polar surface area (TPSA) is 52.4 Å². The van der Waals surface area contributed by atoms with Crippen molar-refractivity contribution in [3.63, 3.8) is 0 Å². The number of nitrogens with zero attached hydrogens (tertiary/aromatic N) is 4. The van der Waals surface area contributed by atoms with E-state index in [4.69, 9.17) is 9.47 Å². The zero-order chi connectivity index (χ0) is 17.1. The smallest absolute Gasteiger partial charge is 0.208 e. The van der Waals surface area contributed by atoms with E-state index in [2.05, 4.69) is 50.1 Å². The molecule has 0 spiro atoms. The molecule has 1 aliphatic heterocycles. The molecule has 7 heteroatoms. The van der Waals surface area contributed by atoms with Crippen molar-refractivity contribution >= 4 is 27.4 Å². The first kappa shape index (κ1) is 16.4. The van der Waals surface area contributed by atoms with Gasteiger partial charge in [-0.05, 0) is 18.2 Å². The molecule has 0 bridgehead atoms. The van der Waals surface area contributed by atoms with E-state index < -0.39 is 0 Å². The Hall–Kier alpha value is -2.12. The minimum atomic E-state index is 0.247. The summed E-state index contributed by atoms with van der Waals surface area (Å²) in [6.07, 6.45) is 4.35. The number of hydrogen-bond acceptors (Lipinski definition) is 6. The summed E-state index contributed by atoms with van der Waals surface area (Å²) in [5.41, 5.74) is 2.98. The molecule has 0 saturated carbocycles. The van der Waals surface area contributed by atoms with E-state index in [1.807, 2.05) is 0 Å². The van der Waals surface area contributed by atoms with E-state index in [0.29, 0.717) is 6.61 Å². The van der Waals surface area contributed by atoms with Crippen LogP contribution in [0.15, 0.2) is 36.0 Å². The predicted octanol–water partition coefficient (Wildman–Crippen LogP) is 3.19. The Morgan fingerprint density at radius 2 is 2.12 bits per heavy atom. The molecule has 0 unspecified atom stereocenters. The number of hydrogen-bond donors (Lipinski definition) is 0. The minimum Gasteiger partial charge on any atom is -0.490 e. The van der Waals surface area contributed by atoms with E-state index in [-0.39, 0.29) is 6.10 Å². The van der Waals surface area contributed by atoms with Gasteiger partial charge in [-0.15, -0.1) is 10.2 Å². The maximum atomic E-state index is 6.35. The van der Waals surface area contributed by atoms with E-state index in [0.717, 1.165) is 43.4 Å². The van der Waals surface area contributed by atoms with Gasteiger partial charge in [0, 0.05) is 51.2 Å². The lowest BCUT2D eigenvalue weighted by Gasteiger charge is -2.31. The van der Waals surface area contributed by atoms with Crippen molar-refractivity contribution < 1.29 is 9.47 Å². The molecule has 0 amide bonds. The summed E-state index contributed by atoms with van der Waals surface area (Å²) < 4.78 is 13.8. The lowest BCUT2D eigenvalue weighted by molar-refractivity contribution is 0.173. The molecule has 25 heavy (non-hydrogen) atoms. The number of methoxy groups -OCH3 is 1. The molecule has 1 aromatic carbocycles. The van der Waals surface area contributed by atoms with Crippen molar-refractivity contribution in [2.45, 2.75) is 25.5 Å². The van der Waals surface area contributed by atoms with Crippen molar-refractivity contribution in [1.82, 2.24) is 14.8 Å². The van der Waals surface area contributed by atoms with Gasteiger partial charge in [0.25, 0.3) is 0 Å². The SMILES string of the molecule is COCCn1ccc2c(OC3CCN(c4nncs4)CC3)cccc21. The number of ether oxygens (including phenoxy) is 2. The molecular weight excluding hydrogens is 336 g/mol. The Morgan fingerprint density at radius 3 is 2.88 bits per heavy atom. The molecule has 0 aliphatic carbocycles. The van der Waals surface area contributed by atoms with Crippen LogP contribution < -0.4 is 9.64 Å². The molecule has 1 aliphatic rings.